The summed E-state index contributed by atoms with van der Waals surface area (Å²) in [6.07, 6.45) is 7.16. The fourth-order valence-corrected chi connectivity index (χ4v) is 5.07. The van der Waals surface area contributed by atoms with Gasteiger partial charge in [0.05, 0.1) is 24.1 Å². The van der Waals surface area contributed by atoms with Gasteiger partial charge in [0.2, 0.25) is 0 Å². The lowest BCUT2D eigenvalue weighted by molar-refractivity contribution is 0.107. The number of fused-ring (bicyclic) bond motifs is 2. The Kier molecular flexibility index (Phi) is 5.81. The summed E-state index contributed by atoms with van der Waals surface area (Å²) in [7, 11) is 3.42. The van der Waals surface area contributed by atoms with E-state index in [1.54, 1.807) is 19.3 Å². The Bertz CT molecular complexity index is 1260. The maximum absolute atomic E-state index is 15.1. The smallest absolute Gasteiger partial charge is 0.250 e. The van der Waals surface area contributed by atoms with Gasteiger partial charge in [-0.05, 0) is 43.0 Å². The quantitative estimate of drug-likeness (QED) is 0.612. The highest BCUT2D eigenvalue weighted by atomic mass is 19.1. The van der Waals surface area contributed by atoms with E-state index in [0.717, 1.165) is 19.3 Å². The van der Waals surface area contributed by atoms with E-state index in [4.69, 9.17) is 0 Å². The van der Waals surface area contributed by atoms with Crippen LogP contribution in [0, 0.1) is 5.82 Å². The minimum absolute atomic E-state index is 0.119. The number of pyridine rings is 1. The number of hydrogen-bond donors (Lipinski definition) is 2. The summed E-state index contributed by atoms with van der Waals surface area (Å²) >= 11 is 0. The SMILES string of the molecule is CN(c1cnc(-c2cc(F)c(-c3ccn(C)c(=O)c3)cc2O)cn1)[C@H]1CC2CCCC(N2)[C@H]1F. The number of hydrogen-bond acceptors (Lipinski definition) is 6. The van der Waals surface area contributed by atoms with E-state index >= 15 is 4.39 Å². The van der Waals surface area contributed by atoms with Gasteiger partial charge in [0.15, 0.2) is 0 Å². The largest absolute Gasteiger partial charge is 0.507 e. The first-order valence-electron chi connectivity index (χ1n) is 11.5. The minimum atomic E-state index is -0.997. The summed E-state index contributed by atoms with van der Waals surface area (Å²) < 4.78 is 31.4. The maximum atomic E-state index is 15.1. The molecular formula is C25H27F2N5O2. The number of aryl methyl sites for hydroxylation is 1. The van der Waals surface area contributed by atoms with E-state index in [2.05, 4.69) is 15.3 Å². The van der Waals surface area contributed by atoms with Crippen LogP contribution < -0.4 is 15.8 Å². The molecule has 2 unspecified atom stereocenters. The van der Waals surface area contributed by atoms with Crippen LogP contribution in [0.3, 0.4) is 0 Å². The van der Waals surface area contributed by atoms with Crippen LogP contribution in [0.25, 0.3) is 22.4 Å². The van der Waals surface area contributed by atoms with E-state index in [9.17, 15) is 14.3 Å². The third kappa shape index (κ3) is 4.04. The van der Waals surface area contributed by atoms with Crippen molar-refractivity contribution < 1.29 is 13.9 Å². The lowest BCUT2D eigenvalue weighted by Crippen LogP contribution is -2.61. The molecule has 4 heterocycles. The molecule has 2 fully saturated rings. The molecule has 2 aromatic heterocycles. The predicted octanol–water partition coefficient (Wildman–Crippen LogP) is 3.41. The van der Waals surface area contributed by atoms with E-state index < -0.39 is 12.0 Å². The van der Waals surface area contributed by atoms with E-state index in [-0.39, 0.29) is 34.5 Å². The van der Waals surface area contributed by atoms with Gasteiger partial charge in [-0.25, -0.2) is 13.8 Å². The van der Waals surface area contributed by atoms with E-state index in [0.29, 0.717) is 29.5 Å². The summed E-state index contributed by atoms with van der Waals surface area (Å²) in [5, 5.41) is 14.0. The Morgan fingerprint density at radius 2 is 2.00 bits per heavy atom. The van der Waals surface area contributed by atoms with Crippen molar-refractivity contribution in [3.8, 4) is 28.1 Å². The zero-order chi connectivity index (χ0) is 24.0. The molecule has 9 heteroatoms. The van der Waals surface area contributed by atoms with Gasteiger partial charge in [0, 0.05) is 49.6 Å². The third-order valence-corrected chi connectivity index (χ3v) is 7.07. The summed E-state index contributed by atoms with van der Waals surface area (Å²) in [6, 6.07) is 5.28. The van der Waals surface area contributed by atoms with Gasteiger partial charge in [-0.15, -0.1) is 0 Å². The Hall–Kier alpha value is -3.33. The number of halogens is 2. The highest BCUT2D eigenvalue weighted by Gasteiger charge is 2.41. The molecule has 0 spiro atoms. The molecule has 5 rings (SSSR count). The summed E-state index contributed by atoms with van der Waals surface area (Å²) in [5.74, 6) is -0.249. The number of aromatic nitrogens is 3. The van der Waals surface area contributed by atoms with Crippen molar-refractivity contribution in [2.24, 2.45) is 7.05 Å². The Morgan fingerprint density at radius 1 is 1.18 bits per heavy atom. The summed E-state index contributed by atoms with van der Waals surface area (Å²) in [5.41, 5.74) is 0.695. The number of nitrogens with zero attached hydrogens (tertiary/aromatic N) is 4. The zero-order valence-electron chi connectivity index (χ0n) is 19.1. The molecule has 0 saturated carbocycles. The molecule has 1 aromatic carbocycles. The molecule has 2 aliphatic heterocycles. The van der Waals surface area contributed by atoms with Gasteiger partial charge < -0.3 is 19.9 Å². The van der Waals surface area contributed by atoms with Crippen molar-refractivity contribution in [2.45, 2.75) is 50.0 Å². The predicted molar refractivity (Wildman–Crippen MR) is 126 cm³/mol. The van der Waals surface area contributed by atoms with Gasteiger partial charge >= 0.3 is 0 Å². The molecule has 0 radical (unpaired) electrons. The number of alkyl halides is 1. The van der Waals surface area contributed by atoms with Gasteiger partial charge in [-0.2, -0.15) is 0 Å². The normalized spacial score (nSPS) is 24.1. The number of rotatable bonds is 4. The second-order valence-corrected chi connectivity index (χ2v) is 9.23. The first kappa shape index (κ1) is 22.5. The van der Waals surface area contributed by atoms with Crippen molar-refractivity contribution in [2.75, 3.05) is 11.9 Å². The minimum Gasteiger partial charge on any atom is -0.507 e. The highest BCUT2D eigenvalue weighted by Crippen LogP contribution is 2.35. The van der Waals surface area contributed by atoms with Gasteiger partial charge in [0.25, 0.3) is 5.56 Å². The second-order valence-electron chi connectivity index (χ2n) is 9.23. The van der Waals surface area contributed by atoms with Crippen molar-refractivity contribution in [1.29, 1.82) is 0 Å². The number of phenols is 1. The fourth-order valence-electron chi connectivity index (χ4n) is 5.07. The monoisotopic (exact) mass is 467 g/mol. The molecule has 34 heavy (non-hydrogen) atoms. The van der Waals surface area contributed by atoms with Crippen molar-refractivity contribution in [1.82, 2.24) is 19.9 Å². The fraction of sp³-hybridized carbons (Fsp3) is 0.400. The van der Waals surface area contributed by atoms with Crippen molar-refractivity contribution in [3.05, 3.63) is 59.0 Å². The third-order valence-electron chi connectivity index (χ3n) is 7.07. The molecule has 0 aliphatic carbocycles. The molecule has 2 N–H and O–H groups in total. The van der Waals surface area contributed by atoms with Gasteiger partial charge in [-0.1, -0.05) is 6.42 Å². The number of piperidine rings is 2. The van der Waals surface area contributed by atoms with Crippen molar-refractivity contribution >= 4 is 5.82 Å². The summed E-state index contributed by atoms with van der Waals surface area (Å²) in [4.78, 5) is 22.5. The number of benzene rings is 1. The summed E-state index contributed by atoms with van der Waals surface area (Å²) in [6.45, 7) is 0. The van der Waals surface area contributed by atoms with Crippen LogP contribution in [0.4, 0.5) is 14.6 Å². The Balaban J connectivity index is 1.39. The molecule has 4 atom stereocenters. The topological polar surface area (TPSA) is 83.3 Å². The Morgan fingerprint density at radius 3 is 2.74 bits per heavy atom. The second kappa shape index (κ2) is 8.79. The number of phenolic OH excluding ortho intramolecular Hbond substituents is 1. The van der Waals surface area contributed by atoms with E-state index in [1.165, 1.54) is 35.2 Å². The molecule has 2 aliphatic rings. The molecule has 7 nitrogen and oxygen atoms in total. The maximum Gasteiger partial charge on any atom is 0.250 e. The van der Waals surface area contributed by atoms with Crippen LogP contribution in [0.5, 0.6) is 5.75 Å². The number of nitrogens with one attached hydrogen (secondary N) is 1. The number of aromatic hydroxyl groups is 1. The lowest BCUT2D eigenvalue weighted by atomic mass is 9.82. The average Bonchev–Trinajstić information content (AvgIpc) is 2.84. The zero-order valence-corrected chi connectivity index (χ0v) is 19.1. The first-order valence-corrected chi connectivity index (χ1v) is 11.5. The van der Waals surface area contributed by atoms with Crippen LogP contribution in [0.15, 0.2) is 47.7 Å². The molecule has 2 bridgehead atoms. The number of anilines is 1. The van der Waals surface area contributed by atoms with Crippen LogP contribution in [0.1, 0.15) is 25.7 Å². The van der Waals surface area contributed by atoms with Crippen LogP contribution in [0.2, 0.25) is 0 Å². The molecule has 0 amide bonds. The van der Waals surface area contributed by atoms with E-state index in [1.807, 2.05) is 11.9 Å². The standard InChI is InChI=1S/C25H27F2N5O2/c1-31-7-6-14(8-24(31)34)16-11-22(33)17(10-18(16)26)20-12-29-23(13-28-20)32(2)21-9-15-4-3-5-19(30-15)25(21)27/h6-8,10-13,15,19,21,25,30,33H,3-5,9H2,1-2H3/t15?,19?,21-,25+/m0/s1. The van der Waals surface area contributed by atoms with Crippen LogP contribution >= 0.6 is 0 Å². The molecule has 178 valence electrons. The van der Waals surface area contributed by atoms with Crippen LogP contribution in [-0.2, 0) is 7.05 Å². The Labute approximate surface area is 196 Å². The van der Waals surface area contributed by atoms with Crippen molar-refractivity contribution in [3.63, 3.8) is 0 Å². The highest BCUT2D eigenvalue weighted by molar-refractivity contribution is 5.74. The molecular weight excluding hydrogens is 440 g/mol. The molecule has 2 saturated heterocycles. The lowest BCUT2D eigenvalue weighted by Gasteiger charge is -2.46. The average molecular weight is 468 g/mol. The first-order chi connectivity index (χ1) is 16.3. The van der Waals surface area contributed by atoms with Gasteiger partial charge in [0.1, 0.15) is 23.6 Å². The van der Waals surface area contributed by atoms with Crippen LogP contribution in [-0.4, -0.2) is 51.0 Å². The van der Waals surface area contributed by atoms with Gasteiger partial charge in [-0.3, -0.25) is 9.78 Å². The molecule has 3 aromatic rings.